The summed E-state index contributed by atoms with van der Waals surface area (Å²) < 4.78 is 1.58. The maximum Gasteiger partial charge on any atom is 0.266 e. The maximum atomic E-state index is 13.3. The molecular formula is C25H23N3O2S. The lowest BCUT2D eigenvalue weighted by Crippen LogP contribution is -2.26. The minimum atomic E-state index is -0.456. The molecule has 1 unspecified atom stereocenters. The van der Waals surface area contributed by atoms with Crippen LogP contribution in [0.1, 0.15) is 18.1 Å². The van der Waals surface area contributed by atoms with Crippen LogP contribution in [0.15, 0.2) is 82.7 Å². The Balaban J connectivity index is 1.71. The van der Waals surface area contributed by atoms with Crippen molar-refractivity contribution in [2.45, 2.75) is 31.2 Å². The molecule has 1 atom stereocenters. The number of carbonyl (C=O) groups is 1. The summed E-state index contributed by atoms with van der Waals surface area (Å²) in [5, 5.41) is 3.58. The lowest BCUT2D eigenvalue weighted by atomic mass is 10.1. The van der Waals surface area contributed by atoms with Gasteiger partial charge >= 0.3 is 0 Å². The largest absolute Gasteiger partial charge is 0.325 e. The van der Waals surface area contributed by atoms with E-state index in [0.29, 0.717) is 16.1 Å². The summed E-state index contributed by atoms with van der Waals surface area (Å²) in [5.41, 5.74) is 4.06. The summed E-state index contributed by atoms with van der Waals surface area (Å²) in [7, 11) is 0. The highest BCUT2D eigenvalue weighted by atomic mass is 32.2. The third kappa shape index (κ3) is 4.39. The maximum absolute atomic E-state index is 13.3. The first-order valence-corrected chi connectivity index (χ1v) is 10.9. The van der Waals surface area contributed by atoms with Gasteiger partial charge in [-0.2, -0.15) is 0 Å². The molecular weight excluding hydrogens is 406 g/mol. The molecule has 0 radical (unpaired) electrons. The van der Waals surface area contributed by atoms with Crippen LogP contribution in [0.2, 0.25) is 0 Å². The van der Waals surface area contributed by atoms with Crippen molar-refractivity contribution < 1.29 is 4.79 Å². The van der Waals surface area contributed by atoms with E-state index in [0.717, 1.165) is 22.5 Å². The second-order valence-corrected chi connectivity index (χ2v) is 8.76. The second-order valence-electron chi connectivity index (χ2n) is 7.46. The minimum absolute atomic E-state index is 0.138. The molecule has 1 amide bonds. The van der Waals surface area contributed by atoms with Crippen LogP contribution in [0.25, 0.3) is 16.6 Å². The number of para-hydroxylation sites is 2. The summed E-state index contributed by atoms with van der Waals surface area (Å²) in [5.74, 6) is -0.138. The number of anilines is 1. The molecule has 156 valence electrons. The molecule has 0 aliphatic rings. The highest BCUT2D eigenvalue weighted by molar-refractivity contribution is 8.00. The van der Waals surface area contributed by atoms with E-state index in [1.807, 2.05) is 87.5 Å². The van der Waals surface area contributed by atoms with Gasteiger partial charge in [-0.1, -0.05) is 54.2 Å². The molecule has 5 nitrogen and oxygen atoms in total. The number of benzene rings is 3. The molecule has 0 bridgehead atoms. The van der Waals surface area contributed by atoms with E-state index in [9.17, 15) is 9.59 Å². The molecule has 4 rings (SSSR count). The van der Waals surface area contributed by atoms with Gasteiger partial charge in [0.1, 0.15) is 0 Å². The third-order valence-electron chi connectivity index (χ3n) is 5.06. The Hall–Kier alpha value is -3.38. The van der Waals surface area contributed by atoms with E-state index < -0.39 is 5.25 Å². The predicted octanol–water partition coefficient (Wildman–Crippen LogP) is 5.12. The van der Waals surface area contributed by atoms with Crippen molar-refractivity contribution in [1.82, 2.24) is 9.55 Å². The normalized spacial score (nSPS) is 12.0. The van der Waals surface area contributed by atoms with Gasteiger partial charge in [-0.3, -0.25) is 14.2 Å². The van der Waals surface area contributed by atoms with Crippen LogP contribution in [0.5, 0.6) is 0 Å². The van der Waals surface area contributed by atoms with Gasteiger partial charge in [-0.15, -0.1) is 0 Å². The summed E-state index contributed by atoms with van der Waals surface area (Å²) in [6.07, 6.45) is 0. The number of hydrogen-bond donors (Lipinski definition) is 1. The summed E-state index contributed by atoms with van der Waals surface area (Å²) >= 11 is 1.27. The first-order chi connectivity index (χ1) is 14.9. The zero-order valence-electron chi connectivity index (χ0n) is 17.6. The second kappa shape index (κ2) is 8.78. The molecule has 4 aromatic rings. The SMILES string of the molecule is Cc1ccc(C)c(NC(=O)C(C)Sc2nc3ccccc3c(=O)n2-c2ccccc2)c1. The fourth-order valence-electron chi connectivity index (χ4n) is 3.31. The van der Waals surface area contributed by atoms with Crippen LogP contribution < -0.4 is 10.9 Å². The Bertz CT molecular complexity index is 1320. The molecule has 0 aliphatic carbocycles. The Morgan fingerprint density at radius 3 is 2.48 bits per heavy atom. The number of aromatic nitrogens is 2. The minimum Gasteiger partial charge on any atom is -0.325 e. The fourth-order valence-corrected chi connectivity index (χ4v) is 4.24. The molecule has 0 aliphatic heterocycles. The predicted molar refractivity (Wildman–Crippen MR) is 127 cm³/mol. The van der Waals surface area contributed by atoms with Gasteiger partial charge in [0.25, 0.3) is 5.56 Å². The fraction of sp³-hybridized carbons (Fsp3) is 0.160. The summed E-state index contributed by atoms with van der Waals surface area (Å²) in [6.45, 7) is 5.78. The van der Waals surface area contributed by atoms with Gasteiger partial charge in [0.2, 0.25) is 5.91 Å². The van der Waals surface area contributed by atoms with Crippen LogP contribution in [0.3, 0.4) is 0 Å². The average Bonchev–Trinajstić information content (AvgIpc) is 2.77. The van der Waals surface area contributed by atoms with Crippen molar-refractivity contribution in [2.24, 2.45) is 0 Å². The average molecular weight is 430 g/mol. The van der Waals surface area contributed by atoms with Gasteiger partial charge in [0, 0.05) is 5.69 Å². The van der Waals surface area contributed by atoms with Gasteiger partial charge in [-0.05, 0) is 62.2 Å². The topological polar surface area (TPSA) is 64.0 Å². The van der Waals surface area contributed by atoms with Crippen LogP contribution in [0.4, 0.5) is 5.69 Å². The lowest BCUT2D eigenvalue weighted by molar-refractivity contribution is -0.115. The molecule has 3 aromatic carbocycles. The molecule has 1 aromatic heterocycles. The van der Waals surface area contributed by atoms with Gasteiger partial charge < -0.3 is 5.32 Å². The van der Waals surface area contributed by atoms with E-state index >= 15 is 0 Å². The quantitative estimate of drug-likeness (QED) is 0.353. The monoisotopic (exact) mass is 429 g/mol. The van der Waals surface area contributed by atoms with Crippen molar-refractivity contribution >= 4 is 34.3 Å². The first kappa shape index (κ1) is 20.9. The summed E-state index contributed by atoms with van der Waals surface area (Å²) in [4.78, 5) is 30.9. The van der Waals surface area contributed by atoms with Crippen LogP contribution in [-0.2, 0) is 4.79 Å². The molecule has 0 spiro atoms. The van der Waals surface area contributed by atoms with Crippen molar-refractivity contribution in [2.75, 3.05) is 5.32 Å². The van der Waals surface area contributed by atoms with Crippen molar-refractivity contribution in [3.63, 3.8) is 0 Å². The number of nitrogens with one attached hydrogen (secondary N) is 1. The van der Waals surface area contributed by atoms with Crippen molar-refractivity contribution in [3.8, 4) is 5.69 Å². The number of rotatable bonds is 5. The smallest absolute Gasteiger partial charge is 0.266 e. The van der Waals surface area contributed by atoms with Crippen molar-refractivity contribution in [1.29, 1.82) is 0 Å². The number of thioether (sulfide) groups is 1. The number of amides is 1. The molecule has 0 saturated carbocycles. The molecule has 1 N–H and O–H groups in total. The van der Waals surface area contributed by atoms with Gasteiger partial charge in [0.05, 0.1) is 21.8 Å². The highest BCUT2D eigenvalue weighted by Gasteiger charge is 2.20. The summed E-state index contributed by atoms with van der Waals surface area (Å²) in [6, 6.07) is 22.6. The van der Waals surface area contributed by atoms with Gasteiger partial charge in [-0.25, -0.2) is 4.98 Å². The van der Waals surface area contributed by atoms with Crippen LogP contribution >= 0.6 is 11.8 Å². The number of aryl methyl sites for hydroxylation is 2. The molecule has 31 heavy (non-hydrogen) atoms. The number of fused-ring (bicyclic) bond motifs is 1. The van der Waals surface area contributed by atoms with E-state index in [1.165, 1.54) is 11.8 Å². The van der Waals surface area contributed by atoms with E-state index in [2.05, 4.69) is 5.32 Å². The third-order valence-corrected chi connectivity index (χ3v) is 6.11. The van der Waals surface area contributed by atoms with E-state index in [-0.39, 0.29) is 11.5 Å². The lowest BCUT2D eigenvalue weighted by Gasteiger charge is -2.17. The number of carbonyl (C=O) groups excluding carboxylic acids is 1. The molecule has 1 heterocycles. The molecule has 0 fully saturated rings. The van der Waals surface area contributed by atoms with E-state index in [1.54, 1.807) is 10.6 Å². The van der Waals surface area contributed by atoms with Gasteiger partial charge in [0.15, 0.2) is 5.16 Å². The number of hydrogen-bond acceptors (Lipinski definition) is 4. The molecule has 6 heteroatoms. The number of nitrogens with zero attached hydrogens (tertiary/aromatic N) is 2. The zero-order valence-corrected chi connectivity index (χ0v) is 18.4. The Kier molecular flexibility index (Phi) is 5.91. The Morgan fingerprint density at radius 2 is 1.71 bits per heavy atom. The Labute approximate surface area is 185 Å². The van der Waals surface area contributed by atoms with Crippen LogP contribution in [-0.4, -0.2) is 20.7 Å². The molecule has 0 saturated heterocycles. The zero-order chi connectivity index (χ0) is 22.0. The Morgan fingerprint density at radius 1 is 1.00 bits per heavy atom. The highest BCUT2D eigenvalue weighted by Crippen LogP contribution is 2.26. The van der Waals surface area contributed by atoms with Crippen molar-refractivity contribution in [3.05, 3.63) is 94.3 Å². The van der Waals surface area contributed by atoms with E-state index in [4.69, 9.17) is 4.98 Å². The first-order valence-electron chi connectivity index (χ1n) is 10.1. The standard InChI is InChI=1S/C25H23N3O2S/c1-16-13-14-17(2)22(15-16)26-23(29)18(3)31-25-27-21-12-8-7-11-20(21)24(30)28(25)19-9-5-4-6-10-19/h4-15,18H,1-3H3,(H,26,29). The van der Waals surface area contributed by atoms with Crippen LogP contribution in [0, 0.1) is 13.8 Å².